The average Bonchev–Trinajstić information content (AvgIpc) is 0.710. The average molecular weight is 2100 g/mol. The Kier molecular flexibility index (Phi) is 38.3. The molecule has 728 valence electrons. The van der Waals surface area contributed by atoms with Gasteiger partial charge in [0.15, 0.2) is 0 Å². The third-order valence-electron chi connectivity index (χ3n) is 16.9. The summed E-state index contributed by atoms with van der Waals surface area (Å²) in [6.45, 7) is 27.2. The molecule has 0 unspecified atom stereocenters. The number of rotatable bonds is 8. The second kappa shape index (κ2) is 41.8. The molecule has 0 bridgehead atoms. The minimum absolute atomic E-state index is 0. The molecule has 0 heterocycles. The Morgan fingerprint density at radius 3 is 0.206 bits per heavy atom. The van der Waals surface area contributed by atoms with Crippen LogP contribution in [0.25, 0.3) is 0 Å². The van der Waals surface area contributed by atoms with Gasteiger partial charge in [0, 0.05) is 80.0 Å². The Labute approximate surface area is 728 Å². The minimum Gasteiger partial charge on any atom is -0.194 e. The molecule has 0 aliphatic rings. The van der Waals surface area contributed by atoms with Crippen molar-refractivity contribution >= 4 is 87.7 Å². The van der Waals surface area contributed by atoms with Crippen LogP contribution in [0.3, 0.4) is 0 Å². The molecule has 0 nitrogen and oxygen atoms in total. The fourth-order valence-electron chi connectivity index (χ4n) is 12.1. The molecule has 0 N–H and O–H groups in total. The first-order valence-corrected chi connectivity index (χ1v) is 47.2. The summed E-state index contributed by atoms with van der Waals surface area (Å²) in [6, 6.07) is -17.6. The van der Waals surface area contributed by atoms with Crippen molar-refractivity contribution in [3.8, 4) is 0 Å². The Balaban J connectivity index is 0.000000755. The fraction of sp³-hybridized carbons (Fsp3) is 0.368. The van der Waals surface area contributed by atoms with Crippen molar-refractivity contribution in [3.63, 3.8) is 0 Å². The summed E-state index contributed by atoms with van der Waals surface area (Å²) in [5, 5.41) is 0. The van der Waals surface area contributed by atoms with E-state index in [-0.39, 0.29) is 51.2 Å². The van der Waals surface area contributed by atoms with Crippen LogP contribution in [0.1, 0.15) is 89.0 Å². The topological polar surface area (TPSA) is 0 Å². The first kappa shape index (κ1) is 120. The van der Waals surface area contributed by atoms with E-state index < -0.39 is 389 Å². The monoisotopic (exact) mass is 2100 g/mol. The Bertz CT molecular complexity index is 3930. The van der Waals surface area contributed by atoms with Crippen LogP contribution in [0, 0.1) is 0 Å². The molecule has 8 aromatic carbocycles. The van der Waals surface area contributed by atoms with Crippen LogP contribution in [0.5, 0.6) is 0 Å². The van der Waals surface area contributed by atoms with Crippen LogP contribution in [0.2, 0.25) is 0 Å². The fourth-order valence-corrected chi connectivity index (χ4v) is 12.1. The Hall–Kier alpha value is -7.13. The molecule has 0 aromatic heterocycles. The first-order valence-electron chi connectivity index (χ1n) is 35.2. The summed E-state index contributed by atoms with van der Waals surface area (Å²) in [5.41, 5.74) is -60.4. The van der Waals surface area contributed by atoms with Crippen LogP contribution in [-0.4, -0.2) is 92.3 Å². The van der Waals surface area contributed by atoms with Crippen molar-refractivity contribution < 1.29 is 230 Å². The van der Waals surface area contributed by atoms with E-state index in [4.69, 9.17) is 0 Å². The predicted octanol–water partition coefficient (Wildman–Crippen LogP) is 26.8. The van der Waals surface area contributed by atoms with E-state index in [9.17, 15) is 211 Å². The van der Waals surface area contributed by atoms with Crippen LogP contribution in [0.15, 0.2) is 146 Å². The summed E-state index contributed by atoms with van der Waals surface area (Å²) >= 11 is 0. The van der Waals surface area contributed by atoms with Crippen molar-refractivity contribution in [2.45, 2.75) is 98.8 Å². The van der Waals surface area contributed by atoms with Gasteiger partial charge in [-0.15, -0.1) is 0 Å². The first-order chi connectivity index (χ1) is 57.5. The number of hydrogen-bond donors (Lipinski definition) is 0. The van der Waals surface area contributed by atoms with Crippen molar-refractivity contribution in [2.24, 2.45) is 0 Å². The third kappa shape index (κ3) is 33.1. The summed E-state index contributed by atoms with van der Waals surface area (Å²) in [7, 11) is 0.481. The summed E-state index contributed by atoms with van der Waals surface area (Å²) in [6.07, 6.45) is -110. The quantitative estimate of drug-likeness (QED) is 0.0808. The van der Waals surface area contributed by atoms with Gasteiger partial charge in [-0.2, -0.15) is 254 Å². The molecule has 0 atom stereocenters. The van der Waals surface area contributed by atoms with E-state index >= 15 is 0 Å². The van der Waals surface area contributed by atoms with E-state index in [0.717, 1.165) is 0 Å². The van der Waals surface area contributed by atoms with Gasteiger partial charge in [0.05, 0.1) is 89.0 Å². The van der Waals surface area contributed by atoms with Crippen molar-refractivity contribution in [2.75, 3.05) is 80.0 Å². The van der Waals surface area contributed by atoms with Gasteiger partial charge in [-0.1, -0.05) is 97.1 Å². The van der Waals surface area contributed by atoms with E-state index in [1.54, 1.807) is 0 Å². The molecule has 131 heavy (non-hydrogen) atoms. The molecule has 8 rings (SSSR count). The van der Waals surface area contributed by atoms with Gasteiger partial charge in [-0.05, 0) is 80.2 Å². The zero-order valence-electron chi connectivity index (χ0n) is 67.9. The number of benzene rings is 8. The van der Waals surface area contributed by atoms with Gasteiger partial charge in [-0.3, -0.25) is 0 Å². The maximum Gasteiger partial charge on any atom is 2.00 e. The van der Waals surface area contributed by atoms with Gasteiger partial charge in [0.2, 0.25) is 0 Å². The molecular formula is C76H64B2F48P4Zn+4. The molecule has 55 heteroatoms. The van der Waals surface area contributed by atoms with Gasteiger partial charge in [-0.25, -0.2) is 0 Å². The van der Waals surface area contributed by atoms with E-state index in [1.807, 2.05) is 0 Å². The van der Waals surface area contributed by atoms with Crippen LogP contribution >= 0.6 is 31.7 Å². The molecule has 0 spiro atoms. The van der Waals surface area contributed by atoms with Crippen molar-refractivity contribution in [1.29, 1.82) is 0 Å². The normalized spacial score (nSPS) is 13.6. The second-order valence-electron chi connectivity index (χ2n) is 30.4. The maximum atomic E-state index is 14.2. The Morgan fingerprint density at radius 1 is 0.122 bits per heavy atom. The van der Waals surface area contributed by atoms with Gasteiger partial charge in [0.25, 0.3) is 0 Å². The molecular weight excluding hydrogens is 2040 g/mol. The zero-order chi connectivity index (χ0) is 102. The molecule has 0 aliphatic carbocycles. The molecule has 0 radical (unpaired) electrons. The van der Waals surface area contributed by atoms with Crippen LogP contribution < -0.4 is 43.7 Å². The third-order valence-corrected chi connectivity index (χ3v) is 16.9. The molecule has 0 fully saturated rings. The summed E-state index contributed by atoms with van der Waals surface area (Å²) < 4.78 is 682. The van der Waals surface area contributed by atoms with E-state index in [0.29, 0.717) is 0 Å². The minimum atomic E-state index is -6.13. The van der Waals surface area contributed by atoms with Gasteiger partial charge in [0.1, 0.15) is 12.3 Å². The molecule has 0 saturated heterocycles. The van der Waals surface area contributed by atoms with Crippen LogP contribution in [-0.2, 0) is 118 Å². The van der Waals surface area contributed by atoms with E-state index in [2.05, 4.69) is 80.0 Å². The number of alkyl halides is 48. The number of hydrogen-bond acceptors (Lipinski definition) is 0. The van der Waals surface area contributed by atoms with Gasteiger partial charge < -0.3 is 0 Å². The molecule has 0 saturated carbocycles. The zero-order valence-corrected chi connectivity index (χ0v) is 74.8. The predicted molar refractivity (Wildman–Crippen MR) is 404 cm³/mol. The number of halogens is 48. The van der Waals surface area contributed by atoms with E-state index in [1.165, 1.54) is 0 Å². The van der Waals surface area contributed by atoms with Crippen molar-refractivity contribution in [1.82, 2.24) is 0 Å². The Morgan fingerprint density at radius 2 is 0.168 bits per heavy atom. The molecule has 0 amide bonds. The van der Waals surface area contributed by atoms with Gasteiger partial charge >= 0.3 is 118 Å². The summed E-state index contributed by atoms with van der Waals surface area (Å²) in [4.78, 5) is 0. The molecule has 8 aromatic rings. The smallest absolute Gasteiger partial charge is 0.194 e. The second-order valence-corrected chi connectivity index (χ2v) is 42.4. The standard InChI is InChI=1S/2C32H12BF24.4C3H9P.Zn/c2*34-25(35,36)13-1-14(26(37,38)39)6-21(5-13)33(22-7-15(27(40,41)42)2-16(8-22)28(43,44)45,23-9-17(29(46,47)48)3-18(10-23)30(49,50)51)24-11-19(31(52,53)54)4-20(12-24)32(55,56)57;4*1-4(2)3;/h2*1-12H;4*1-3H3;/q2*-1;;;;;+2/p+4. The summed E-state index contributed by atoms with van der Waals surface area (Å²) in [5.74, 6) is 0. The SMILES string of the molecule is C[PH+](C)C.C[PH+](C)C.C[PH+](C)C.C[PH+](C)C.FC(F)(F)c1cc([B-](c2cc(C(F)(F)F)cc(C(F)(F)F)c2)(c2cc(C(F)(F)F)cc(C(F)(F)F)c2)c2cc(C(F)(F)F)cc(C(F)(F)F)c2)cc(C(F)(F)F)c1.FC(F)(F)c1cc([B-](c2cc(C(F)(F)F)cc(C(F)(F)F)c2)(c2cc(C(F)(F)F)cc(C(F)(F)F)c2)c2cc(C(F)(F)F)cc(C(F)(F)F)c2)cc(C(F)(F)F)c1.[Zn+2]. The maximum absolute atomic E-state index is 14.2. The largest absolute Gasteiger partial charge is 2.00 e. The molecule has 0 aliphatic heterocycles. The van der Waals surface area contributed by atoms with Crippen LogP contribution in [0.4, 0.5) is 211 Å². The van der Waals surface area contributed by atoms with Crippen molar-refractivity contribution in [3.05, 3.63) is 235 Å².